The quantitative estimate of drug-likeness (QED) is 0.888. The van der Waals surface area contributed by atoms with Crippen LogP contribution in [0.3, 0.4) is 0 Å². The van der Waals surface area contributed by atoms with Crippen LogP contribution in [0.25, 0.3) is 0 Å². The molecule has 3 rings (SSSR count). The van der Waals surface area contributed by atoms with Gasteiger partial charge in [-0.2, -0.15) is 0 Å². The van der Waals surface area contributed by atoms with Crippen molar-refractivity contribution in [1.82, 2.24) is 9.88 Å². The minimum absolute atomic E-state index is 0.108. The third-order valence-electron chi connectivity index (χ3n) is 4.26. The second-order valence-corrected chi connectivity index (χ2v) is 7.42. The van der Waals surface area contributed by atoms with E-state index in [1.807, 2.05) is 12.1 Å². The number of methoxy groups -OCH3 is 2. The van der Waals surface area contributed by atoms with Gasteiger partial charge in [0.05, 0.1) is 14.2 Å². The first-order chi connectivity index (χ1) is 11.4. The molecule has 130 valence electrons. The van der Waals surface area contributed by atoms with Crippen LogP contribution in [0, 0.1) is 13.8 Å². The average molecular weight is 352 g/mol. The molecule has 8 heteroatoms. The average Bonchev–Trinajstić information content (AvgIpc) is 3.08. The van der Waals surface area contributed by atoms with Gasteiger partial charge in [0, 0.05) is 6.04 Å². The van der Waals surface area contributed by atoms with Crippen LogP contribution < -0.4 is 14.2 Å². The Labute approximate surface area is 141 Å². The summed E-state index contributed by atoms with van der Waals surface area (Å²) in [4.78, 5) is 0.108. The van der Waals surface area contributed by atoms with Crippen molar-refractivity contribution < 1.29 is 22.4 Å². The predicted octanol–water partition coefficient (Wildman–Crippen LogP) is 2.27. The summed E-state index contributed by atoms with van der Waals surface area (Å²) in [6.07, 6.45) is 1.44. The molecule has 2 aromatic rings. The maximum absolute atomic E-state index is 12.7. The summed E-state index contributed by atoms with van der Waals surface area (Å²) in [5, 5.41) is 3.72. The zero-order chi connectivity index (χ0) is 17.5. The van der Waals surface area contributed by atoms with E-state index in [1.54, 1.807) is 28.1 Å². The highest BCUT2D eigenvalue weighted by atomic mass is 32.2. The van der Waals surface area contributed by atoms with Crippen LogP contribution in [0.5, 0.6) is 11.5 Å². The summed E-state index contributed by atoms with van der Waals surface area (Å²) in [5.41, 5.74) is 2.31. The Balaban J connectivity index is 1.95. The summed E-state index contributed by atoms with van der Waals surface area (Å²) in [7, 11) is -0.580. The number of ether oxygens (including phenoxy) is 2. The number of aromatic nitrogens is 1. The van der Waals surface area contributed by atoms with Crippen molar-refractivity contribution in [2.24, 2.45) is 0 Å². The number of hydrogen-bond donors (Lipinski definition) is 1. The molecule has 1 heterocycles. The van der Waals surface area contributed by atoms with E-state index in [0.717, 1.165) is 17.5 Å². The number of benzene rings is 1. The fourth-order valence-corrected chi connectivity index (χ4v) is 4.74. The van der Waals surface area contributed by atoms with Crippen LogP contribution in [0.1, 0.15) is 35.0 Å². The third kappa shape index (κ3) is 2.76. The lowest BCUT2D eigenvalue weighted by molar-refractivity contribution is 0.354. The number of rotatable bonds is 5. The second-order valence-electron chi connectivity index (χ2n) is 5.77. The van der Waals surface area contributed by atoms with Gasteiger partial charge in [0.15, 0.2) is 17.3 Å². The highest BCUT2D eigenvalue weighted by molar-refractivity contribution is 7.89. The Morgan fingerprint density at radius 3 is 2.46 bits per heavy atom. The summed E-state index contributed by atoms with van der Waals surface area (Å²) in [5.74, 6) is 1.51. The van der Waals surface area contributed by atoms with Gasteiger partial charge in [0.1, 0.15) is 10.6 Å². The standard InChI is InChI=1S/C16H20N2O5S/c1-9-16(10(2)23-17-9)24(19,20)18-13-6-5-11-7-14(21-3)15(22-4)8-12(11)13/h7-8,13,18H,5-6H2,1-4H3. The van der Waals surface area contributed by atoms with Crippen LogP contribution in [0.15, 0.2) is 21.6 Å². The van der Waals surface area contributed by atoms with E-state index in [9.17, 15) is 8.42 Å². The predicted molar refractivity (Wildman–Crippen MR) is 86.9 cm³/mol. The number of sulfonamides is 1. The van der Waals surface area contributed by atoms with Gasteiger partial charge < -0.3 is 14.0 Å². The number of fused-ring (bicyclic) bond motifs is 1. The minimum Gasteiger partial charge on any atom is -0.493 e. The molecule has 0 saturated carbocycles. The number of nitrogens with zero attached hydrogens (tertiary/aromatic N) is 1. The van der Waals surface area contributed by atoms with Gasteiger partial charge in [-0.1, -0.05) is 5.16 Å². The Morgan fingerprint density at radius 1 is 1.21 bits per heavy atom. The van der Waals surface area contributed by atoms with Crippen molar-refractivity contribution in [3.63, 3.8) is 0 Å². The van der Waals surface area contributed by atoms with Crippen molar-refractivity contribution >= 4 is 10.0 Å². The van der Waals surface area contributed by atoms with Gasteiger partial charge >= 0.3 is 0 Å². The van der Waals surface area contributed by atoms with E-state index < -0.39 is 10.0 Å². The van der Waals surface area contributed by atoms with Gasteiger partial charge in [-0.3, -0.25) is 0 Å². The summed E-state index contributed by atoms with van der Waals surface area (Å²) < 4.78 is 43.8. The molecule has 1 unspecified atom stereocenters. The van der Waals surface area contributed by atoms with Crippen LogP contribution in [-0.4, -0.2) is 27.8 Å². The van der Waals surface area contributed by atoms with Crippen molar-refractivity contribution in [3.8, 4) is 11.5 Å². The van der Waals surface area contributed by atoms with Crippen LogP contribution in [-0.2, 0) is 16.4 Å². The van der Waals surface area contributed by atoms with E-state index in [-0.39, 0.29) is 16.7 Å². The summed E-state index contributed by atoms with van der Waals surface area (Å²) >= 11 is 0. The van der Waals surface area contributed by atoms with Gasteiger partial charge in [-0.15, -0.1) is 0 Å². The van der Waals surface area contributed by atoms with Crippen molar-refractivity contribution in [3.05, 3.63) is 34.7 Å². The molecule has 1 atom stereocenters. The van der Waals surface area contributed by atoms with Gasteiger partial charge in [0.2, 0.25) is 10.0 Å². The smallest absolute Gasteiger partial charge is 0.246 e. The van der Waals surface area contributed by atoms with Crippen LogP contribution >= 0.6 is 0 Å². The maximum atomic E-state index is 12.7. The molecule has 1 aliphatic carbocycles. The van der Waals surface area contributed by atoms with Crippen molar-refractivity contribution in [1.29, 1.82) is 0 Å². The molecule has 0 aliphatic heterocycles. The van der Waals surface area contributed by atoms with Crippen molar-refractivity contribution in [2.75, 3.05) is 14.2 Å². The molecule has 0 radical (unpaired) electrons. The number of hydrogen-bond acceptors (Lipinski definition) is 6. The highest BCUT2D eigenvalue weighted by Crippen LogP contribution is 2.40. The molecule has 0 fully saturated rings. The van der Waals surface area contributed by atoms with Crippen molar-refractivity contribution in [2.45, 2.75) is 37.6 Å². The highest BCUT2D eigenvalue weighted by Gasteiger charge is 2.32. The topological polar surface area (TPSA) is 90.7 Å². The summed E-state index contributed by atoms with van der Waals surface area (Å²) in [6, 6.07) is 3.42. The first kappa shape index (κ1) is 16.8. The molecule has 0 spiro atoms. The van der Waals surface area contributed by atoms with E-state index in [1.165, 1.54) is 0 Å². The Kier molecular flexibility index (Phi) is 4.27. The first-order valence-corrected chi connectivity index (χ1v) is 9.05. The fourth-order valence-electron chi connectivity index (χ4n) is 3.16. The van der Waals surface area contributed by atoms with Gasteiger partial charge in [-0.25, -0.2) is 13.1 Å². The molecule has 0 amide bonds. The molecular formula is C16H20N2O5S. The Morgan fingerprint density at radius 2 is 1.88 bits per heavy atom. The second kappa shape index (κ2) is 6.10. The fraction of sp³-hybridized carbons (Fsp3) is 0.438. The molecule has 1 N–H and O–H groups in total. The number of aryl methyl sites for hydroxylation is 3. The normalized spacial score (nSPS) is 16.9. The lowest BCUT2D eigenvalue weighted by Crippen LogP contribution is -2.28. The molecule has 1 aromatic carbocycles. The lowest BCUT2D eigenvalue weighted by atomic mass is 10.1. The largest absolute Gasteiger partial charge is 0.493 e. The van der Waals surface area contributed by atoms with Gasteiger partial charge in [-0.05, 0) is 49.9 Å². The monoisotopic (exact) mass is 352 g/mol. The lowest BCUT2D eigenvalue weighted by Gasteiger charge is -2.16. The molecule has 7 nitrogen and oxygen atoms in total. The maximum Gasteiger partial charge on any atom is 0.246 e. The molecule has 1 aliphatic rings. The van der Waals surface area contributed by atoms with E-state index in [2.05, 4.69) is 9.88 Å². The number of nitrogens with one attached hydrogen (secondary N) is 1. The third-order valence-corrected chi connectivity index (χ3v) is 5.97. The van der Waals surface area contributed by atoms with Crippen LogP contribution in [0.4, 0.5) is 0 Å². The van der Waals surface area contributed by atoms with Gasteiger partial charge in [0.25, 0.3) is 0 Å². The van der Waals surface area contributed by atoms with E-state index >= 15 is 0 Å². The molecular weight excluding hydrogens is 332 g/mol. The molecule has 0 bridgehead atoms. The SMILES string of the molecule is COc1cc2c(cc1OC)C(NS(=O)(=O)c1c(C)noc1C)CC2. The Bertz CT molecular complexity index is 853. The van der Waals surface area contributed by atoms with Crippen LogP contribution in [0.2, 0.25) is 0 Å². The first-order valence-electron chi connectivity index (χ1n) is 7.57. The Hall–Kier alpha value is -2.06. The van der Waals surface area contributed by atoms with E-state index in [0.29, 0.717) is 23.6 Å². The molecule has 24 heavy (non-hydrogen) atoms. The molecule has 0 saturated heterocycles. The zero-order valence-corrected chi connectivity index (χ0v) is 14.9. The molecule has 1 aromatic heterocycles. The minimum atomic E-state index is -3.72. The summed E-state index contributed by atoms with van der Waals surface area (Å²) in [6.45, 7) is 3.20. The van der Waals surface area contributed by atoms with E-state index in [4.69, 9.17) is 14.0 Å². The zero-order valence-electron chi connectivity index (χ0n) is 14.0.